The Morgan fingerprint density at radius 1 is 1.16 bits per heavy atom. The zero-order valence-corrected chi connectivity index (χ0v) is 13.0. The molecule has 0 spiro atoms. The van der Waals surface area contributed by atoms with Gasteiger partial charge in [-0.05, 0) is 60.6 Å². The summed E-state index contributed by atoms with van der Waals surface area (Å²) in [7, 11) is 0. The van der Waals surface area contributed by atoms with E-state index < -0.39 is 0 Å². The summed E-state index contributed by atoms with van der Waals surface area (Å²) < 4.78 is 0. The van der Waals surface area contributed by atoms with Crippen LogP contribution in [0.2, 0.25) is 5.02 Å². The van der Waals surface area contributed by atoms with Crippen LogP contribution in [0.25, 0.3) is 0 Å². The van der Waals surface area contributed by atoms with Crippen LogP contribution in [0.4, 0.5) is 0 Å². The Hall–Kier alpha value is -0.530. The van der Waals surface area contributed by atoms with Crippen molar-refractivity contribution in [2.24, 2.45) is 17.3 Å². The van der Waals surface area contributed by atoms with Crippen LogP contribution in [-0.4, -0.2) is 5.11 Å². The molecule has 1 fully saturated rings. The monoisotopic (exact) mass is 280 g/mol. The largest absolute Gasteiger partial charge is 0.388 e. The number of aliphatic hydroxyl groups is 1. The van der Waals surface area contributed by atoms with E-state index >= 15 is 0 Å². The first-order valence-corrected chi connectivity index (χ1v) is 7.69. The number of halogens is 1. The molecule has 0 heterocycles. The highest BCUT2D eigenvalue weighted by atomic mass is 35.5. The van der Waals surface area contributed by atoms with Crippen molar-refractivity contribution in [1.29, 1.82) is 0 Å². The molecule has 0 amide bonds. The molecule has 1 aliphatic carbocycles. The Morgan fingerprint density at radius 2 is 1.79 bits per heavy atom. The van der Waals surface area contributed by atoms with Gasteiger partial charge in [0.1, 0.15) is 0 Å². The lowest BCUT2D eigenvalue weighted by Crippen LogP contribution is -2.28. The lowest BCUT2D eigenvalue weighted by atomic mass is 9.68. The molecule has 0 aromatic heterocycles. The smallest absolute Gasteiger partial charge is 0.0818 e. The molecule has 1 aromatic rings. The molecule has 1 nitrogen and oxygen atoms in total. The van der Waals surface area contributed by atoms with Crippen LogP contribution in [0.15, 0.2) is 24.3 Å². The molecular weight excluding hydrogens is 256 g/mol. The first kappa shape index (κ1) is 14.9. The van der Waals surface area contributed by atoms with Crippen molar-refractivity contribution >= 4 is 11.6 Å². The fourth-order valence-corrected chi connectivity index (χ4v) is 3.46. The van der Waals surface area contributed by atoms with E-state index in [1.165, 1.54) is 12.8 Å². The number of rotatable bonds is 2. The van der Waals surface area contributed by atoms with Crippen molar-refractivity contribution < 1.29 is 5.11 Å². The number of hydrogen-bond acceptors (Lipinski definition) is 1. The maximum atomic E-state index is 10.5. The SMILES string of the molecule is CC(C)(C)C1CCC(C(O)c2cccc(Cl)c2)CC1. The van der Waals surface area contributed by atoms with E-state index in [1.54, 1.807) is 0 Å². The van der Waals surface area contributed by atoms with E-state index in [-0.39, 0.29) is 6.10 Å². The number of aliphatic hydroxyl groups excluding tert-OH is 1. The molecule has 1 aromatic carbocycles. The second-order valence-electron chi connectivity index (χ2n) is 6.98. The van der Waals surface area contributed by atoms with Crippen LogP contribution in [0, 0.1) is 17.3 Å². The van der Waals surface area contributed by atoms with Gasteiger partial charge in [0.15, 0.2) is 0 Å². The number of hydrogen-bond donors (Lipinski definition) is 1. The molecule has 1 atom stereocenters. The summed E-state index contributed by atoms with van der Waals surface area (Å²) in [6, 6.07) is 7.64. The van der Waals surface area contributed by atoms with Crippen LogP contribution in [0.5, 0.6) is 0 Å². The zero-order valence-electron chi connectivity index (χ0n) is 12.2. The molecule has 106 valence electrons. The van der Waals surface area contributed by atoms with Gasteiger partial charge in [-0.3, -0.25) is 0 Å². The molecule has 19 heavy (non-hydrogen) atoms. The molecular formula is C17H25ClO. The van der Waals surface area contributed by atoms with Crippen molar-refractivity contribution in [2.75, 3.05) is 0 Å². The Morgan fingerprint density at radius 3 is 2.32 bits per heavy atom. The molecule has 0 aliphatic heterocycles. The van der Waals surface area contributed by atoms with Gasteiger partial charge in [0.05, 0.1) is 6.10 Å². The predicted octanol–water partition coefficient (Wildman–Crippen LogP) is 5.23. The van der Waals surface area contributed by atoms with E-state index in [9.17, 15) is 5.11 Å². The molecule has 0 radical (unpaired) electrons. The normalized spacial score (nSPS) is 26.2. The summed E-state index contributed by atoms with van der Waals surface area (Å²) in [5.74, 6) is 1.17. The van der Waals surface area contributed by atoms with Gasteiger partial charge in [-0.25, -0.2) is 0 Å². The highest BCUT2D eigenvalue weighted by Crippen LogP contribution is 2.43. The molecule has 2 heteroatoms. The molecule has 1 unspecified atom stereocenters. The summed E-state index contributed by atoms with van der Waals surface area (Å²) in [5, 5.41) is 11.2. The second-order valence-corrected chi connectivity index (χ2v) is 7.41. The van der Waals surface area contributed by atoms with Crippen LogP contribution in [0.3, 0.4) is 0 Å². The van der Waals surface area contributed by atoms with Gasteiger partial charge in [-0.2, -0.15) is 0 Å². The second kappa shape index (κ2) is 5.85. The summed E-state index contributed by atoms with van der Waals surface area (Å²) in [4.78, 5) is 0. The fourth-order valence-electron chi connectivity index (χ4n) is 3.26. The Balaban J connectivity index is 1.98. The minimum Gasteiger partial charge on any atom is -0.388 e. The van der Waals surface area contributed by atoms with Crippen molar-refractivity contribution in [2.45, 2.75) is 52.6 Å². The van der Waals surface area contributed by atoms with Gasteiger partial charge in [0.25, 0.3) is 0 Å². The highest BCUT2D eigenvalue weighted by molar-refractivity contribution is 6.30. The lowest BCUT2D eigenvalue weighted by molar-refractivity contribution is 0.0528. The van der Waals surface area contributed by atoms with Gasteiger partial charge in [0, 0.05) is 5.02 Å². The van der Waals surface area contributed by atoms with Crippen LogP contribution in [0.1, 0.15) is 58.1 Å². The summed E-state index contributed by atoms with van der Waals surface area (Å²) in [5.41, 5.74) is 1.36. The molecule has 1 saturated carbocycles. The molecule has 1 aliphatic rings. The van der Waals surface area contributed by atoms with Gasteiger partial charge in [0.2, 0.25) is 0 Å². The Labute approximate surface area is 122 Å². The third kappa shape index (κ3) is 3.73. The molecule has 0 saturated heterocycles. The average molecular weight is 281 g/mol. The molecule has 1 N–H and O–H groups in total. The Bertz CT molecular complexity index is 414. The van der Waals surface area contributed by atoms with Gasteiger partial charge in [-0.15, -0.1) is 0 Å². The van der Waals surface area contributed by atoms with Crippen LogP contribution in [-0.2, 0) is 0 Å². The van der Waals surface area contributed by atoms with Crippen LogP contribution >= 0.6 is 11.6 Å². The predicted molar refractivity (Wildman–Crippen MR) is 81.3 cm³/mol. The summed E-state index contributed by atoms with van der Waals surface area (Å²) in [6.45, 7) is 6.97. The maximum Gasteiger partial charge on any atom is 0.0818 e. The summed E-state index contributed by atoms with van der Waals surface area (Å²) >= 11 is 6.00. The number of benzene rings is 1. The average Bonchev–Trinajstić information content (AvgIpc) is 2.37. The Kier molecular flexibility index (Phi) is 4.58. The van der Waals surface area contributed by atoms with E-state index in [2.05, 4.69) is 20.8 Å². The van der Waals surface area contributed by atoms with E-state index in [0.717, 1.165) is 24.3 Å². The van der Waals surface area contributed by atoms with Crippen molar-refractivity contribution in [1.82, 2.24) is 0 Å². The zero-order chi connectivity index (χ0) is 14.0. The topological polar surface area (TPSA) is 20.2 Å². The standard InChI is InChI=1S/C17H25ClO/c1-17(2,3)14-9-7-12(8-10-14)16(19)13-5-4-6-15(18)11-13/h4-6,11-12,14,16,19H,7-10H2,1-3H3. The van der Waals surface area contributed by atoms with Crippen molar-refractivity contribution in [3.05, 3.63) is 34.9 Å². The first-order chi connectivity index (χ1) is 8.88. The highest BCUT2D eigenvalue weighted by Gasteiger charge is 2.32. The quantitative estimate of drug-likeness (QED) is 0.787. The van der Waals surface area contributed by atoms with Gasteiger partial charge >= 0.3 is 0 Å². The van der Waals surface area contributed by atoms with Crippen molar-refractivity contribution in [3.63, 3.8) is 0 Å². The minimum absolute atomic E-state index is 0.361. The van der Waals surface area contributed by atoms with E-state index in [0.29, 0.717) is 16.4 Å². The summed E-state index contributed by atoms with van der Waals surface area (Å²) in [6.07, 6.45) is 4.34. The fraction of sp³-hybridized carbons (Fsp3) is 0.647. The van der Waals surface area contributed by atoms with Gasteiger partial charge < -0.3 is 5.11 Å². The first-order valence-electron chi connectivity index (χ1n) is 7.31. The lowest BCUT2D eigenvalue weighted by Gasteiger charge is -2.38. The van der Waals surface area contributed by atoms with Gasteiger partial charge in [-0.1, -0.05) is 44.5 Å². The van der Waals surface area contributed by atoms with E-state index in [4.69, 9.17) is 11.6 Å². The third-order valence-corrected chi connectivity index (χ3v) is 4.87. The third-order valence-electron chi connectivity index (χ3n) is 4.63. The van der Waals surface area contributed by atoms with Crippen molar-refractivity contribution in [3.8, 4) is 0 Å². The minimum atomic E-state index is -0.361. The van der Waals surface area contributed by atoms with Crippen LogP contribution < -0.4 is 0 Å². The van der Waals surface area contributed by atoms with E-state index in [1.807, 2.05) is 24.3 Å². The molecule has 0 bridgehead atoms. The molecule has 2 rings (SSSR count). The maximum absolute atomic E-state index is 10.5.